The molecule has 0 radical (unpaired) electrons. The van der Waals surface area contributed by atoms with Gasteiger partial charge >= 0.3 is 0 Å². The maximum Gasteiger partial charge on any atom is 0.233 e. The number of likely N-dealkylation sites (tertiary alicyclic amines) is 1. The van der Waals surface area contributed by atoms with E-state index in [0.29, 0.717) is 12.5 Å². The highest BCUT2D eigenvalue weighted by molar-refractivity contribution is 9.09. The van der Waals surface area contributed by atoms with Crippen molar-refractivity contribution in [3.05, 3.63) is 0 Å². The summed E-state index contributed by atoms with van der Waals surface area (Å²) in [5.74, 6) is 0.460. The molecule has 2 aliphatic rings. The van der Waals surface area contributed by atoms with Crippen LogP contribution in [0.15, 0.2) is 0 Å². The lowest BCUT2D eigenvalue weighted by atomic mass is 9.82. The molecule has 0 aromatic rings. The van der Waals surface area contributed by atoms with Crippen molar-refractivity contribution >= 4 is 27.7 Å². The monoisotopic (exact) mass is 315 g/mol. The summed E-state index contributed by atoms with van der Waals surface area (Å²) in [4.78, 5) is 26.1. The van der Waals surface area contributed by atoms with Gasteiger partial charge in [0.25, 0.3) is 0 Å². The first kappa shape index (κ1) is 14.0. The second-order valence-electron chi connectivity index (χ2n) is 6.65. The van der Waals surface area contributed by atoms with Gasteiger partial charge in [0, 0.05) is 11.9 Å². The molecular weight excluding hydrogens is 294 g/mol. The molecule has 0 aromatic heterocycles. The molecule has 0 N–H and O–H groups in total. The molecule has 18 heavy (non-hydrogen) atoms. The highest BCUT2D eigenvalue weighted by atomic mass is 79.9. The zero-order chi connectivity index (χ0) is 13.5. The molecule has 4 heteroatoms. The molecule has 2 fully saturated rings. The molecule has 1 aliphatic heterocycles. The number of fused-ring (bicyclic) bond motifs is 1. The van der Waals surface area contributed by atoms with E-state index in [1.54, 1.807) is 0 Å². The Morgan fingerprint density at radius 3 is 2.11 bits per heavy atom. The van der Waals surface area contributed by atoms with Gasteiger partial charge in [0.2, 0.25) is 11.8 Å². The molecule has 2 rings (SSSR count). The minimum absolute atomic E-state index is 0.00607. The van der Waals surface area contributed by atoms with Crippen LogP contribution in [0.4, 0.5) is 0 Å². The van der Waals surface area contributed by atoms with Crippen LogP contribution in [0.25, 0.3) is 0 Å². The first-order valence-corrected chi connectivity index (χ1v) is 7.89. The van der Waals surface area contributed by atoms with Gasteiger partial charge in [0.15, 0.2) is 0 Å². The summed E-state index contributed by atoms with van der Waals surface area (Å²) in [5, 5.41) is 0.822. The van der Waals surface area contributed by atoms with Gasteiger partial charge in [-0.2, -0.15) is 0 Å². The fourth-order valence-corrected chi connectivity index (χ4v) is 4.19. The number of carbonyl (C=O) groups is 2. The maximum atomic E-state index is 12.3. The lowest BCUT2D eigenvalue weighted by Gasteiger charge is -2.32. The van der Waals surface area contributed by atoms with Gasteiger partial charge in [-0.05, 0) is 24.2 Å². The van der Waals surface area contributed by atoms with Gasteiger partial charge in [-0.15, -0.1) is 0 Å². The Morgan fingerprint density at radius 2 is 1.72 bits per heavy atom. The van der Waals surface area contributed by atoms with E-state index in [4.69, 9.17) is 0 Å². The van der Waals surface area contributed by atoms with E-state index < -0.39 is 0 Å². The molecule has 102 valence electrons. The van der Waals surface area contributed by atoms with Crippen LogP contribution in [0.2, 0.25) is 0 Å². The molecule has 0 bridgehead atoms. The molecule has 2 amide bonds. The van der Waals surface area contributed by atoms with Crippen molar-refractivity contribution in [1.82, 2.24) is 4.90 Å². The minimum Gasteiger partial charge on any atom is -0.282 e. The van der Waals surface area contributed by atoms with Crippen molar-refractivity contribution < 1.29 is 9.59 Å². The van der Waals surface area contributed by atoms with Crippen LogP contribution in [-0.4, -0.2) is 28.6 Å². The fourth-order valence-electron chi connectivity index (χ4n) is 3.01. The number of nitrogens with zero attached hydrogens (tertiary/aromatic N) is 1. The van der Waals surface area contributed by atoms with Crippen molar-refractivity contribution in [2.45, 2.75) is 40.0 Å². The smallest absolute Gasteiger partial charge is 0.233 e. The van der Waals surface area contributed by atoms with Crippen molar-refractivity contribution in [1.29, 1.82) is 0 Å². The van der Waals surface area contributed by atoms with E-state index >= 15 is 0 Å². The Morgan fingerprint density at radius 1 is 1.22 bits per heavy atom. The number of carbonyl (C=O) groups excluding carboxylic acids is 2. The third kappa shape index (κ3) is 2.36. The van der Waals surface area contributed by atoms with Crippen molar-refractivity contribution in [2.24, 2.45) is 23.2 Å². The predicted octanol–water partition coefficient (Wildman–Crippen LogP) is 2.83. The minimum atomic E-state index is -0.00607. The number of imide groups is 1. The van der Waals surface area contributed by atoms with E-state index in [2.05, 4.69) is 36.7 Å². The summed E-state index contributed by atoms with van der Waals surface area (Å²) < 4.78 is 0. The topological polar surface area (TPSA) is 37.4 Å². The summed E-state index contributed by atoms with van der Waals surface area (Å²) in [5.41, 5.74) is 0.0990. The third-order valence-corrected chi connectivity index (χ3v) is 5.28. The second kappa shape index (κ2) is 4.95. The molecule has 1 aliphatic carbocycles. The molecule has 1 saturated carbocycles. The van der Waals surface area contributed by atoms with E-state index in [-0.39, 0.29) is 29.1 Å². The zero-order valence-corrected chi connectivity index (χ0v) is 13.0. The number of hydrogen-bond acceptors (Lipinski definition) is 2. The standard InChI is InChI=1S/C14H22BrNO2/c1-14(2,3)9(7-15)8-16-12(17)10-5-4-6-11(10)13(16)18/h9-11H,4-8H2,1-3H3. The van der Waals surface area contributed by atoms with Gasteiger partial charge in [-0.25, -0.2) is 0 Å². The van der Waals surface area contributed by atoms with E-state index in [0.717, 1.165) is 24.6 Å². The van der Waals surface area contributed by atoms with Crippen LogP contribution in [0, 0.1) is 23.2 Å². The molecule has 0 spiro atoms. The van der Waals surface area contributed by atoms with Crippen LogP contribution in [0.5, 0.6) is 0 Å². The number of hydrogen-bond donors (Lipinski definition) is 0. The summed E-state index contributed by atoms with van der Waals surface area (Å²) in [7, 11) is 0. The summed E-state index contributed by atoms with van der Waals surface area (Å²) in [6, 6.07) is 0. The molecule has 0 aromatic carbocycles. The van der Waals surface area contributed by atoms with Gasteiger partial charge in [0.05, 0.1) is 11.8 Å². The van der Waals surface area contributed by atoms with Crippen LogP contribution in [0.3, 0.4) is 0 Å². The zero-order valence-electron chi connectivity index (χ0n) is 11.4. The normalized spacial score (nSPS) is 29.9. The average molecular weight is 316 g/mol. The van der Waals surface area contributed by atoms with Crippen molar-refractivity contribution in [3.8, 4) is 0 Å². The van der Waals surface area contributed by atoms with E-state index in [9.17, 15) is 9.59 Å². The van der Waals surface area contributed by atoms with Crippen molar-refractivity contribution in [3.63, 3.8) is 0 Å². The van der Waals surface area contributed by atoms with Crippen LogP contribution in [-0.2, 0) is 9.59 Å². The van der Waals surface area contributed by atoms with E-state index in [1.807, 2.05) is 0 Å². The Balaban J connectivity index is 2.10. The highest BCUT2D eigenvalue weighted by Gasteiger charge is 2.50. The Labute approximate surface area is 117 Å². The van der Waals surface area contributed by atoms with Crippen molar-refractivity contribution in [2.75, 3.05) is 11.9 Å². The largest absolute Gasteiger partial charge is 0.282 e. The summed E-state index contributed by atoms with van der Waals surface area (Å²) in [6.45, 7) is 7.04. The SMILES string of the molecule is CC(C)(C)C(CBr)CN1C(=O)C2CCCC2C1=O. The Bertz CT molecular complexity index is 339. The number of alkyl halides is 1. The lowest BCUT2D eigenvalue weighted by Crippen LogP contribution is -2.40. The van der Waals surface area contributed by atoms with E-state index in [1.165, 1.54) is 4.90 Å². The fraction of sp³-hybridized carbons (Fsp3) is 0.857. The predicted molar refractivity (Wildman–Crippen MR) is 74.3 cm³/mol. The Hall–Kier alpha value is -0.380. The molecule has 3 nitrogen and oxygen atoms in total. The van der Waals surface area contributed by atoms with Crippen LogP contribution < -0.4 is 0 Å². The van der Waals surface area contributed by atoms with Gasteiger partial charge in [-0.1, -0.05) is 43.1 Å². The summed E-state index contributed by atoms with van der Waals surface area (Å²) in [6.07, 6.45) is 2.84. The quantitative estimate of drug-likeness (QED) is 0.593. The van der Waals surface area contributed by atoms with Crippen LogP contribution >= 0.6 is 15.9 Å². The molecule has 1 heterocycles. The number of halogens is 1. The summed E-state index contributed by atoms with van der Waals surface area (Å²) >= 11 is 3.51. The molecule has 3 atom stereocenters. The average Bonchev–Trinajstić information content (AvgIpc) is 2.82. The third-order valence-electron chi connectivity index (χ3n) is 4.50. The Kier molecular flexibility index (Phi) is 3.86. The molecular formula is C14H22BrNO2. The molecule has 1 saturated heterocycles. The first-order chi connectivity index (χ1) is 8.36. The van der Waals surface area contributed by atoms with Gasteiger partial charge in [-0.3, -0.25) is 14.5 Å². The molecule has 3 unspecified atom stereocenters. The number of amides is 2. The van der Waals surface area contributed by atoms with Gasteiger partial charge < -0.3 is 0 Å². The first-order valence-electron chi connectivity index (χ1n) is 6.77. The number of rotatable bonds is 3. The van der Waals surface area contributed by atoms with Crippen LogP contribution in [0.1, 0.15) is 40.0 Å². The second-order valence-corrected chi connectivity index (χ2v) is 7.30. The highest BCUT2D eigenvalue weighted by Crippen LogP contribution is 2.41. The van der Waals surface area contributed by atoms with Gasteiger partial charge in [0.1, 0.15) is 0 Å². The lowest BCUT2D eigenvalue weighted by molar-refractivity contribution is -0.141. The maximum absolute atomic E-state index is 12.3.